The summed E-state index contributed by atoms with van der Waals surface area (Å²) in [6, 6.07) is 9.80. The highest BCUT2D eigenvalue weighted by Gasteiger charge is 2.15. The number of hydrogen-bond donors (Lipinski definition) is 3. The van der Waals surface area contributed by atoms with Crippen molar-refractivity contribution in [2.45, 2.75) is 13.8 Å². The van der Waals surface area contributed by atoms with Gasteiger partial charge in [-0.15, -0.1) is 0 Å². The van der Waals surface area contributed by atoms with Crippen molar-refractivity contribution in [3.05, 3.63) is 57.6 Å². The number of aromatic hydroxyl groups is 1. The van der Waals surface area contributed by atoms with Crippen LogP contribution in [0.5, 0.6) is 5.75 Å². The van der Waals surface area contributed by atoms with Crippen molar-refractivity contribution in [2.75, 3.05) is 5.32 Å². The van der Waals surface area contributed by atoms with Crippen molar-refractivity contribution < 1.29 is 14.7 Å². The van der Waals surface area contributed by atoms with E-state index in [1.165, 1.54) is 19.1 Å². The van der Waals surface area contributed by atoms with Crippen LogP contribution in [0, 0.1) is 6.92 Å². The fourth-order valence-corrected chi connectivity index (χ4v) is 2.41. The molecule has 0 bridgehead atoms. The van der Waals surface area contributed by atoms with Crippen molar-refractivity contribution in [3.8, 4) is 5.75 Å². The minimum Gasteiger partial charge on any atom is -0.506 e. The Morgan fingerprint density at radius 2 is 1.72 bits per heavy atom. The van der Waals surface area contributed by atoms with Crippen molar-refractivity contribution in [3.63, 3.8) is 0 Å². The van der Waals surface area contributed by atoms with Gasteiger partial charge in [0.15, 0.2) is 0 Å². The third-order valence-corrected chi connectivity index (χ3v) is 3.77. The quantitative estimate of drug-likeness (QED) is 0.433. The number of halogens is 2. The predicted molar refractivity (Wildman–Crippen MR) is 98.3 cm³/mol. The number of carbonyl (C=O) groups excluding carboxylic acids is 2. The monoisotopic (exact) mass is 379 g/mol. The van der Waals surface area contributed by atoms with Crippen molar-refractivity contribution in [1.82, 2.24) is 5.43 Å². The predicted octanol–water partition coefficient (Wildman–Crippen LogP) is 3.49. The van der Waals surface area contributed by atoms with Crippen LogP contribution < -0.4 is 10.7 Å². The smallest absolute Gasteiger partial charge is 0.329 e. The summed E-state index contributed by atoms with van der Waals surface area (Å²) in [5, 5.41) is 16.5. The Morgan fingerprint density at radius 3 is 2.36 bits per heavy atom. The van der Waals surface area contributed by atoms with Crippen LogP contribution >= 0.6 is 23.2 Å². The summed E-state index contributed by atoms with van der Waals surface area (Å²) in [6.45, 7) is 3.44. The van der Waals surface area contributed by atoms with Gasteiger partial charge in [0.05, 0.1) is 10.7 Å². The van der Waals surface area contributed by atoms with Gasteiger partial charge in [0.1, 0.15) is 5.75 Å². The number of aryl methyl sites for hydroxylation is 1. The minimum atomic E-state index is -0.951. The van der Waals surface area contributed by atoms with E-state index in [0.29, 0.717) is 10.7 Å². The van der Waals surface area contributed by atoms with E-state index in [9.17, 15) is 14.7 Å². The molecule has 0 aliphatic heterocycles. The Labute approximate surface area is 154 Å². The van der Waals surface area contributed by atoms with Crippen LogP contribution in [-0.4, -0.2) is 22.6 Å². The third-order valence-electron chi connectivity index (χ3n) is 3.26. The number of nitrogens with zero attached hydrogens (tertiary/aromatic N) is 1. The summed E-state index contributed by atoms with van der Waals surface area (Å²) in [7, 11) is 0. The second-order valence-corrected chi connectivity index (χ2v) is 6.09. The van der Waals surface area contributed by atoms with Gasteiger partial charge < -0.3 is 10.4 Å². The van der Waals surface area contributed by atoms with Crippen molar-refractivity contribution in [2.24, 2.45) is 5.10 Å². The summed E-state index contributed by atoms with van der Waals surface area (Å²) in [5.41, 5.74) is 4.12. The second kappa shape index (κ2) is 8.00. The highest BCUT2D eigenvalue weighted by Crippen LogP contribution is 2.31. The second-order valence-electron chi connectivity index (χ2n) is 5.24. The van der Waals surface area contributed by atoms with E-state index in [1.807, 2.05) is 19.1 Å². The van der Waals surface area contributed by atoms with Gasteiger partial charge in [-0.1, -0.05) is 40.9 Å². The highest BCUT2D eigenvalue weighted by molar-refractivity contribution is 6.39. The molecule has 0 saturated heterocycles. The Kier molecular flexibility index (Phi) is 6.01. The normalized spacial score (nSPS) is 11.1. The van der Waals surface area contributed by atoms with E-state index >= 15 is 0 Å². The molecule has 8 heteroatoms. The molecule has 0 spiro atoms. The van der Waals surface area contributed by atoms with Gasteiger partial charge in [0, 0.05) is 16.3 Å². The van der Waals surface area contributed by atoms with Crippen molar-refractivity contribution in [1.29, 1.82) is 0 Å². The lowest BCUT2D eigenvalue weighted by Crippen LogP contribution is -2.32. The Morgan fingerprint density at radius 1 is 1.08 bits per heavy atom. The number of nitrogens with one attached hydrogen (secondary N) is 2. The SMILES string of the molecule is C/C(=N\NC(=O)C(=O)Nc1ccc(C)cc1)c1cc(Cl)cc(Cl)c1O. The Hall–Kier alpha value is -2.57. The van der Waals surface area contributed by atoms with Gasteiger partial charge >= 0.3 is 11.8 Å². The van der Waals surface area contributed by atoms with Gasteiger partial charge in [0.25, 0.3) is 0 Å². The first-order chi connectivity index (χ1) is 11.8. The molecule has 0 aliphatic rings. The largest absolute Gasteiger partial charge is 0.506 e. The summed E-state index contributed by atoms with van der Waals surface area (Å²) < 4.78 is 0. The Bertz CT molecular complexity index is 849. The standard InChI is InChI=1S/C17H15Cl2N3O3/c1-9-3-5-12(6-4-9)20-16(24)17(25)22-21-10(2)13-7-11(18)8-14(19)15(13)23/h3-8,23H,1-2H3,(H,20,24)(H,22,25)/b21-10+. The molecule has 2 rings (SSSR count). The van der Waals surface area contributed by atoms with E-state index in [0.717, 1.165) is 5.56 Å². The molecule has 0 saturated carbocycles. The zero-order valence-corrected chi connectivity index (χ0v) is 14.9. The maximum Gasteiger partial charge on any atom is 0.329 e. The zero-order valence-electron chi connectivity index (χ0n) is 13.4. The molecule has 0 fully saturated rings. The van der Waals surface area contributed by atoms with Crippen LogP contribution in [0.3, 0.4) is 0 Å². The van der Waals surface area contributed by atoms with Crippen LogP contribution in [0.15, 0.2) is 41.5 Å². The lowest BCUT2D eigenvalue weighted by molar-refractivity contribution is -0.136. The number of phenolic OH excluding ortho intramolecular Hbond substituents is 1. The molecule has 3 N–H and O–H groups in total. The van der Waals surface area contributed by atoms with E-state index in [-0.39, 0.29) is 22.0 Å². The summed E-state index contributed by atoms with van der Waals surface area (Å²) in [6.07, 6.45) is 0. The number of amides is 2. The molecule has 0 aromatic heterocycles. The molecular weight excluding hydrogens is 365 g/mol. The lowest BCUT2D eigenvalue weighted by atomic mass is 10.1. The number of hydrazone groups is 1. The molecule has 2 amide bonds. The topological polar surface area (TPSA) is 90.8 Å². The van der Waals surface area contributed by atoms with Gasteiger partial charge in [0.2, 0.25) is 0 Å². The van der Waals surface area contributed by atoms with Crippen molar-refractivity contribution >= 4 is 46.4 Å². The number of hydrogen-bond acceptors (Lipinski definition) is 4. The average Bonchev–Trinajstić information content (AvgIpc) is 2.57. The van der Waals surface area contributed by atoms with Crippen LogP contribution in [0.25, 0.3) is 0 Å². The first kappa shape index (κ1) is 18.8. The number of phenols is 1. The number of benzene rings is 2. The van der Waals surface area contributed by atoms with Crippen LogP contribution in [0.4, 0.5) is 5.69 Å². The van der Waals surface area contributed by atoms with E-state index in [4.69, 9.17) is 23.2 Å². The fourth-order valence-electron chi connectivity index (χ4n) is 1.91. The number of carbonyl (C=O) groups is 2. The molecule has 0 unspecified atom stereocenters. The Balaban J connectivity index is 2.06. The molecule has 25 heavy (non-hydrogen) atoms. The molecule has 0 heterocycles. The molecule has 0 atom stereocenters. The highest BCUT2D eigenvalue weighted by atomic mass is 35.5. The van der Waals surface area contributed by atoms with Crippen LogP contribution in [0.1, 0.15) is 18.1 Å². The van der Waals surface area contributed by atoms with E-state index in [2.05, 4.69) is 15.8 Å². The summed E-state index contributed by atoms with van der Waals surface area (Å²) in [4.78, 5) is 23.7. The molecule has 130 valence electrons. The molecule has 2 aromatic carbocycles. The average molecular weight is 380 g/mol. The lowest BCUT2D eigenvalue weighted by Gasteiger charge is -2.08. The molecule has 2 aromatic rings. The maximum atomic E-state index is 11.8. The summed E-state index contributed by atoms with van der Waals surface area (Å²) >= 11 is 11.7. The fraction of sp³-hybridized carbons (Fsp3) is 0.118. The number of rotatable bonds is 3. The molecular formula is C17H15Cl2N3O3. The third kappa shape index (κ3) is 4.95. The first-order valence-electron chi connectivity index (χ1n) is 7.18. The maximum absolute atomic E-state index is 11.8. The molecule has 0 radical (unpaired) electrons. The van der Waals surface area contributed by atoms with E-state index in [1.54, 1.807) is 12.1 Å². The van der Waals surface area contributed by atoms with Crippen LogP contribution in [-0.2, 0) is 9.59 Å². The number of anilines is 1. The molecule has 0 aliphatic carbocycles. The first-order valence-corrected chi connectivity index (χ1v) is 7.94. The molecule has 6 nitrogen and oxygen atoms in total. The zero-order chi connectivity index (χ0) is 18.6. The van der Waals surface area contributed by atoms with E-state index < -0.39 is 11.8 Å². The minimum absolute atomic E-state index is 0.0560. The van der Waals surface area contributed by atoms with Gasteiger partial charge in [-0.3, -0.25) is 9.59 Å². The van der Waals surface area contributed by atoms with Gasteiger partial charge in [-0.2, -0.15) is 5.10 Å². The summed E-state index contributed by atoms with van der Waals surface area (Å²) in [5.74, 6) is -2.04. The van der Waals surface area contributed by atoms with Crippen LogP contribution in [0.2, 0.25) is 10.0 Å². The van der Waals surface area contributed by atoms with Gasteiger partial charge in [-0.25, -0.2) is 5.43 Å². The van der Waals surface area contributed by atoms with Gasteiger partial charge in [-0.05, 0) is 38.1 Å².